The summed E-state index contributed by atoms with van der Waals surface area (Å²) >= 11 is 3.73. The molecule has 3 unspecified atom stereocenters. The fourth-order valence-corrected chi connectivity index (χ4v) is 5.68. The number of fused-ring (bicyclic) bond motifs is 1. The monoisotopic (exact) mass is 490 g/mol. The Morgan fingerprint density at radius 2 is 2.04 bits per heavy atom. The van der Waals surface area contributed by atoms with Crippen LogP contribution < -0.4 is 10.1 Å². The zero-order valence-corrected chi connectivity index (χ0v) is 17.3. The quantitative estimate of drug-likeness (QED) is 0.279. The van der Waals surface area contributed by atoms with E-state index in [0.717, 1.165) is 0 Å². The fourth-order valence-electron chi connectivity index (χ4n) is 3.11. The highest BCUT2D eigenvalue weighted by Crippen LogP contribution is 2.52. The maximum atomic E-state index is 12.5. The number of nitrogens with zero attached hydrogens (tertiary/aromatic N) is 1. The highest BCUT2D eigenvalue weighted by Gasteiger charge is 2.65. The molecule has 140 valence electrons. The number of alkyl halides is 1. The van der Waals surface area contributed by atoms with Crippen LogP contribution in [0.4, 0.5) is 0 Å². The van der Waals surface area contributed by atoms with Crippen LogP contribution in [0.3, 0.4) is 0 Å². The van der Waals surface area contributed by atoms with Gasteiger partial charge in [-0.3, -0.25) is 9.59 Å². The van der Waals surface area contributed by atoms with Crippen LogP contribution in [0.25, 0.3) is 0 Å². The standard InChI is InChI=1S/C17H19IN2O5S/c1-17(9-18)13(16(23)24-2)20-14(22)12(15(20)26-17)19-11(21)8-25-10-6-4-3-5-7-10/h3-7,12-13,15H,8-9H2,1-2H3,(H,19,21)/t12?,13?,15-,17?/m1/s1. The van der Waals surface area contributed by atoms with Crippen molar-refractivity contribution in [2.75, 3.05) is 18.1 Å². The molecule has 0 bridgehead atoms. The first-order valence-electron chi connectivity index (χ1n) is 8.02. The molecule has 26 heavy (non-hydrogen) atoms. The molecule has 2 saturated heterocycles. The van der Waals surface area contributed by atoms with E-state index in [2.05, 4.69) is 27.9 Å². The first kappa shape index (κ1) is 19.3. The molecule has 0 aliphatic carbocycles. The Morgan fingerprint density at radius 1 is 1.35 bits per heavy atom. The summed E-state index contributed by atoms with van der Waals surface area (Å²) in [5.74, 6) is -0.475. The van der Waals surface area contributed by atoms with Crippen molar-refractivity contribution in [1.82, 2.24) is 10.2 Å². The van der Waals surface area contributed by atoms with Crippen LogP contribution in [0.5, 0.6) is 5.75 Å². The summed E-state index contributed by atoms with van der Waals surface area (Å²) in [6, 6.07) is 7.70. The Kier molecular flexibility index (Phi) is 5.66. The van der Waals surface area contributed by atoms with Gasteiger partial charge in [0, 0.05) is 4.43 Å². The second kappa shape index (κ2) is 7.63. The number of thioether (sulfide) groups is 1. The lowest BCUT2D eigenvalue weighted by Gasteiger charge is -2.43. The molecule has 0 radical (unpaired) electrons. The lowest BCUT2D eigenvalue weighted by Crippen LogP contribution is -2.71. The number of amides is 2. The van der Waals surface area contributed by atoms with Crippen molar-refractivity contribution in [3.63, 3.8) is 0 Å². The van der Waals surface area contributed by atoms with Crippen molar-refractivity contribution in [1.29, 1.82) is 0 Å². The Hall–Kier alpha value is -1.49. The van der Waals surface area contributed by atoms with Gasteiger partial charge in [-0.05, 0) is 19.1 Å². The highest BCUT2D eigenvalue weighted by molar-refractivity contribution is 14.1. The van der Waals surface area contributed by atoms with Crippen molar-refractivity contribution in [2.24, 2.45) is 0 Å². The summed E-state index contributed by atoms with van der Waals surface area (Å²) in [4.78, 5) is 38.4. The second-order valence-corrected chi connectivity index (χ2v) is 8.69. The number of hydrogen-bond donors (Lipinski definition) is 1. The molecule has 2 heterocycles. The molecular formula is C17H19IN2O5S. The molecule has 0 spiro atoms. The Morgan fingerprint density at radius 3 is 2.65 bits per heavy atom. The summed E-state index contributed by atoms with van der Waals surface area (Å²) < 4.78 is 10.5. The molecular weight excluding hydrogens is 471 g/mol. The SMILES string of the molecule is COC(=O)C1N2C(=O)C(NC(=O)COc3ccccc3)[C@H]2SC1(C)CI. The molecule has 0 saturated carbocycles. The molecule has 2 aliphatic rings. The van der Waals surface area contributed by atoms with E-state index in [4.69, 9.17) is 9.47 Å². The number of carbonyl (C=O) groups excluding carboxylic acids is 3. The number of esters is 1. The maximum Gasteiger partial charge on any atom is 0.330 e. The maximum absolute atomic E-state index is 12.5. The third kappa shape index (κ3) is 3.38. The van der Waals surface area contributed by atoms with E-state index in [0.29, 0.717) is 10.2 Å². The van der Waals surface area contributed by atoms with Gasteiger partial charge < -0.3 is 19.7 Å². The summed E-state index contributed by atoms with van der Waals surface area (Å²) in [5, 5.41) is 2.45. The summed E-state index contributed by atoms with van der Waals surface area (Å²) in [6.07, 6.45) is 0. The van der Waals surface area contributed by atoms with Gasteiger partial charge in [0.15, 0.2) is 6.61 Å². The Labute approximate surface area is 169 Å². The largest absolute Gasteiger partial charge is 0.484 e. The van der Waals surface area contributed by atoms with Gasteiger partial charge in [0.25, 0.3) is 5.91 Å². The molecule has 2 fully saturated rings. The van der Waals surface area contributed by atoms with E-state index in [9.17, 15) is 14.4 Å². The molecule has 0 aromatic heterocycles. The minimum atomic E-state index is -0.649. The number of carbonyl (C=O) groups is 3. The average Bonchev–Trinajstić information content (AvgIpc) is 2.95. The molecule has 1 aromatic carbocycles. The van der Waals surface area contributed by atoms with Crippen molar-refractivity contribution < 1.29 is 23.9 Å². The summed E-state index contributed by atoms with van der Waals surface area (Å²) in [6.45, 7) is 1.77. The van der Waals surface area contributed by atoms with Crippen LogP contribution in [-0.2, 0) is 19.1 Å². The number of hydrogen-bond acceptors (Lipinski definition) is 6. The van der Waals surface area contributed by atoms with Crippen LogP contribution in [0.1, 0.15) is 6.92 Å². The molecule has 4 atom stereocenters. The summed E-state index contributed by atoms with van der Waals surface area (Å²) in [7, 11) is 1.32. The smallest absolute Gasteiger partial charge is 0.330 e. The molecule has 2 aliphatic heterocycles. The molecule has 9 heteroatoms. The number of rotatable bonds is 6. The minimum absolute atomic E-state index is 0.171. The van der Waals surface area contributed by atoms with Crippen LogP contribution in [0.2, 0.25) is 0 Å². The molecule has 2 amide bonds. The van der Waals surface area contributed by atoms with Gasteiger partial charge in [-0.1, -0.05) is 40.8 Å². The van der Waals surface area contributed by atoms with Crippen LogP contribution in [-0.4, -0.2) is 63.0 Å². The normalized spacial score (nSPS) is 29.6. The zero-order valence-electron chi connectivity index (χ0n) is 14.3. The van der Waals surface area contributed by atoms with Crippen LogP contribution in [0, 0.1) is 0 Å². The Bertz CT molecular complexity index is 718. The predicted octanol–water partition coefficient (Wildman–Crippen LogP) is 1.20. The number of para-hydroxylation sites is 1. The molecule has 3 rings (SSSR count). The molecule has 1 N–H and O–H groups in total. The number of halogens is 1. The van der Waals surface area contributed by atoms with Gasteiger partial charge in [-0.15, -0.1) is 11.8 Å². The number of methoxy groups -OCH3 is 1. The minimum Gasteiger partial charge on any atom is -0.484 e. The number of benzene rings is 1. The first-order chi connectivity index (χ1) is 12.4. The van der Waals surface area contributed by atoms with E-state index >= 15 is 0 Å². The number of ether oxygens (including phenoxy) is 2. The highest BCUT2D eigenvalue weighted by atomic mass is 127. The van der Waals surface area contributed by atoms with Crippen molar-refractivity contribution >= 4 is 52.1 Å². The van der Waals surface area contributed by atoms with Gasteiger partial charge >= 0.3 is 5.97 Å². The average molecular weight is 490 g/mol. The van der Waals surface area contributed by atoms with E-state index in [1.807, 2.05) is 25.1 Å². The third-order valence-corrected chi connectivity index (χ3v) is 8.19. The second-order valence-electron chi connectivity index (χ2n) is 6.27. The fraction of sp³-hybridized carbons (Fsp3) is 0.471. The van der Waals surface area contributed by atoms with Crippen molar-refractivity contribution in [3.8, 4) is 5.75 Å². The van der Waals surface area contributed by atoms with E-state index in [1.165, 1.54) is 23.8 Å². The van der Waals surface area contributed by atoms with E-state index in [1.54, 1.807) is 12.1 Å². The molecule has 7 nitrogen and oxygen atoms in total. The van der Waals surface area contributed by atoms with Gasteiger partial charge in [0.05, 0.1) is 11.9 Å². The van der Waals surface area contributed by atoms with Gasteiger partial charge in [0.1, 0.15) is 23.2 Å². The Balaban J connectivity index is 1.62. The lowest BCUT2D eigenvalue weighted by atomic mass is 9.96. The van der Waals surface area contributed by atoms with Gasteiger partial charge in [-0.25, -0.2) is 4.79 Å². The van der Waals surface area contributed by atoms with Gasteiger partial charge in [-0.2, -0.15) is 0 Å². The van der Waals surface area contributed by atoms with Gasteiger partial charge in [0.2, 0.25) is 5.91 Å². The predicted molar refractivity (Wildman–Crippen MR) is 105 cm³/mol. The van der Waals surface area contributed by atoms with Crippen molar-refractivity contribution in [2.45, 2.75) is 29.1 Å². The topological polar surface area (TPSA) is 84.9 Å². The number of nitrogens with one attached hydrogen (secondary N) is 1. The van der Waals surface area contributed by atoms with Crippen LogP contribution in [0.15, 0.2) is 30.3 Å². The van der Waals surface area contributed by atoms with E-state index in [-0.39, 0.29) is 23.8 Å². The van der Waals surface area contributed by atoms with Crippen molar-refractivity contribution in [3.05, 3.63) is 30.3 Å². The lowest BCUT2D eigenvalue weighted by molar-refractivity contribution is -0.162. The number of β-lactam (4-membered cyclic amide) rings is 1. The summed E-state index contributed by atoms with van der Waals surface area (Å²) in [5.41, 5.74) is 0. The third-order valence-electron chi connectivity index (χ3n) is 4.45. The van der Waals surface area contributed by atoms with Crippen LogP contribution >= 0.6 is 34.4 Å². The van der Waals surface area contributed by atoms with E-state index < -0.39 is 22.8 Å². The zero-order chi connectivity index (χ0) is 18.9. The first-order valence-corrected chi connectivity index (χ1v) is 10.4. The molecule has 1 aromatic rings.